The monoisotopic (exact) mass is 279 g/mol. The largest absolute Gasteiger partial charge is 0.318 e. The summed E-state index contributed by atoms with van der Waals surface area (Å²) in [6, 6.07) is 13.3. The molecule has 1 aliphatic carbocycles. The molecular weight excluding hydrogens is 254 g/mol. The van der Waals surface area contributed by atoms with E-state index < -0.39 is 5.54 Å². The second-order valence-electron chi connectivity index (χ2n) is 6.64. The van der Waals surface area contributed by atoms with Gasteiger partial charge in [0.25, 0.3) is 0 Å². The van der Waals surface area contributed by atoms with Crippen LogP contribution in [-0.2, 0) is 18.4 Å². The van der Waals surface area contributed by atoms with Crippen LogP contribution in [0.5, 0.6) is 0 Å². The molecule has 1 atom stereocenters. The first-order chi connectivity index (χ1) is 10.00. The average molecular weight is 279 g/mol. The number of nitrogens with two attached hydrogens (primary N) is 1. The van der Waals surface area contributed by atoms with Crippen LogP contribution in [0.2, 0.25) is 0 Å². The van der Waals surface area contributed by atoms with Crippen LogP contribution in [0.1, 0.15) is 53.1 Å². The average Bonchev–Trinajstić information content (AvgIpc) is 2.49. The molecule has 0 aliphatic heterocycles. The van der Waals surface area contributed by atoms with E-state index in [0.717, 1.165) is 0 Å². The van der Waals surface area contributed by atoms with Gasteiger partial charge in [0.1, 0.15) is 0 Å². The molecule has 0 heterocycles. The van der Waals surface area contributed by atoms with Crippen LogP contribution in [0.25, 0.3) is 0 Å². The number of fused-ring (bicyclic) bond motifs is 1. The lowest BCUT2D eigenvalue weighted by Crippen LogP contribution is -2.35. The smallest absolute Gasteiger partial charge is 0.0639 e. The van der Waals surface area contributed by atoms with E-state index in [4.69, 9.17) is 5.73 Å². The third-order valence-electron chi connectivity index (χ3n) is 5.11. The molecule has 2 aromatic rings. The van der Waals surface area contributed by atoms with Gasteiger partial charge in [-0.15, -0.1) is 0 Å². The third-order valence-corrected chi connectivity index (χ3v) is 5.11. The van der Waals surface area contributed by atoms with Gasteiger partial charge in [0.05, 0.1) is 5.54 Å². The molecule has 1 unspecified atom stereocenters. The number of aryl methyl sites for hydroxylation is 3. The van der Waals surface area contributed by atoms with E-state index >= 15 is 0 Å². The molecule has 3 rings (SSSR count). The van der Waals surface area contributed by atoms with Crippen molar-refractivity contribution in [2.45, 2.75) is 52.0 Å². The van der Waals surface area contributed by atoms with Gasteiger partial charge in [0.2, 0.25) is 0 Å². The van der Waals surface area contributed by atoms with E-state index in [2.05, 4.69) is 57.2 Å². The Morgan fingerprint density at radius 2 is 1.67 bits per heavy atom. The molecule has 0 radical (unpaired) electrons. The second-order valence-corrected chi connectivity index (χ2v) is 6.64. The minimum absolute atomic E-state index is 0.428. The van der Waals surface area contributed by atoms with Crippen molar-refractivity contribution in [1.82, 2.24) is 0 Å². The van der Waals surface area contributed by atoms with Gasteiger partial charge in [0, 0.05) is 0 Å². The Labute approximate surface area is 128 Å². The van der Waals surface area contributed by atoms with Gasteiger partial charge in [-0.25, -0.2) is 0 Å². The van der Waals surface area contributed by atoms with Crippen LogP contribution in [0, 0.1) is 13.8 Å². The summed E-state index contributed by atoms with van der Waals surface area (Å²) in [4.78, 5) is 0. The Hall–Kier alpha value is -1.60. The summed E-state index contributed by atoms with van der Waals surface area (Å²) >= 11 is 0. The number of hydrogen-bond donors (Lipinski definition) is 1. The van der Waals surface area contributed by atoms with E-state index in [-0.39, 0.29) is 0 Å². The quantitative estimate of drug-likeness (QED) is 0.866. The molecular formula is C20H25N. The molecule has 0 saturated heterocycles. The summed E-state index contributed by atoms with van der Waals surface area (Å²) in [5.41, 5.74) is 14.4. The molecule has 0 aromatic heterocycles. The molecule has 0 bridgehead atoms. The first kappa shape index (κ1) is 14.3. The molecule has 110 valence electrons. The molecule has 0 saturated carbocycles. The van der Waals surface area contributed by atoms with Gasteiger partial charge >= 0.3 is 0 Å². The van der Waals surface area contributed by atoms with Gasteiger partial charge < -0.3 is 5.73 Å². The molecule has 0 spiro atoms. The van der Waals surface area contributed by atoms with Gasteiger partial charge in [-0.2, -0.15) is 0 Å². The van der Waals surface area contributed by atoms with Crippen LogP contribution in [0.3, 0.4) is 0 Å². The standard InChI is InChI=1S/C20H25N/c1-14-7-6-10-19(15(14)2)20(3,21)18-12-11-16-8-4-5-9-17(16)13-18/h6-7,10-13H,4-5,8-9,21H2,1-3H3. The van der Waals surface area contributed by atoms with Crippen LogP contribution >= 0.6 is 0 Å². The summed E-state index contributed by atoms with van der Waals surface area (Å²) in [6.07, 6.45) is 5.05. The highest BCUT2D eigenvalue weighted by Crippen LogP contribution is 2.32. The topological polar surface area (TPSA) is 26.0 Å². The number of benzene rings is 2. The van der Waals surface area contributed by atoms with E-state index in [1.807, 2.05) is 0 Å². The maximum Gasteiger partial charge on any atom is 0.0639 e. The Balaban J connectivity index is 2.07. The van der Waals surface area contributed by atoms with Crippen molar-refractivity contribution in [3.8, 4) is 0 Å². The highest BCUT2D eigenvalue weighted by atomic mass is 14.7. The number of rotatable bonds is 2. The van der Waals surface area contributed by atoms with Gasteiger partial charge in [0.15, 0.2) is 0 Å². The Morgan fingerprint density at radius 3 is 2.43 bits per heavy atom. The Morgan fingerprint density at radius 1 is 0.952 bits per heavy atom. The van der Waals surface area contributed by atoms with Gasteiger partial charge in [-0.05, 0) is 79.8 Å². The minimum Gasteiger partial charge on any atom is -0.318 e. The van der Waals surface area contributed by atoms with Gasteiger partial charge in [-0.3, -0.25) is 0 Å². The summed E-state index contributed by atoms with van der Waals surface area (Å²) < 4.78 is 0. The third kappa shape index (κ3) is 2.51. The second kappa shape index (κ2) is 5.31. The lowest BCUT2D eigenvalue weighted by Gasteiger charge is -2.30. The molecule has 0 amide bonds. The summed E-state index contributed by atoms with van der Waals surface area (Å²) in [5.74, 6) is 0. The van der Waals surface area contributed by atoms with Crippen molar-refractivity contribution < 1.29 is 0 Å². The first-order valence-electron chi connectivity index (χ1n) is 7.98. The normalized spacial score (nSPS) is 17.1. The van der Waals surface area contributed by atoms with Crippen molar-refractivity contribution in [2.75, 3.05) is 0 Å². The summed E-state index contributed by atoms with van der Waals surface area (Å²) in [7, 11) is 0. The maximum absolute atomic E-state index is 6.76. The van der Waals surface area contributed by atoms with Gasteiger partial charge in [-0.1, -0.05) is 36.4 Å². The molecule has 21 heavy (non-hydrogen) atoms. The fourth-order valence-corrected chi connectivity index (χ4v) is 3.53. The summed E-state index contributed by atoms with van der Waals surface area (Å²) in [6.45, 7) is 6.47. The highest BCUT2D eigenvalue weighted by Gasteiger charge is 2.26. The highest BCUT2D eigenvalue weighted by molar-refractivity contribution is 5.46. The fourth-order valence-electron chi connectivity index (χ4n) is 3.53. The molecule has 1 aliphatic rings. The molecule has 2 aromatic carbocycles. The maximum atomic E-state index is 6.76. The zero-order chi connectivity index (χ0) is 15.0. The SMILES string of the molecule is Cc1cccc(C(C)(N)c2ccc3c(c2)CCCC3)c1C. The van der Waals surface area contributed by atoms with E-state index in [1.54, 1.807) is 0 Å². The lowest BCUT2D eigenvalue weighted by molar-refractivity contribution is 0.593. The van der Waals surface area contributed by atoms with Crippen molar-refractivity contribution in [2.24, 2.45) is 5.73 Å². The molecule has 1 nitrogen and oxygen atoms in total. The van der Waals surface area contributed by atoms with Crippen LogP contribution < -0.4 is 5.73 Å². The molecule has 1 heteroatoms. The zero-order valence-electron chi connectivity index (χ0n) is 13.4. The fraction of sp³-hybridized carbons (Fsp3) is 0.400. The van der Waals surface area contributed by atoms with Crippen LogP contribution in [-0.4, -0.2) is 0 Å². The van der Waals surface area contributed by atoms with E-state index in [1.165, 1.54) is 59.1 Å². The first-order valence-corrected chi connectivity index (χ1v) is 7.98. The van der Waals surface area contributed by atoms with Crippen molar-refractivity contribution in [3.63, 3.8) is 0 Å². The van der Waals surface area contributed by atoms with Crippen molar-refractivity contribution in [1.29, 1.82) is 0 Å². The van der Waals surface area contributed by atoms with Crippen LogP contribution in [0.15, 0.2) is 36.4 Å². The summed E-state index contributed by atoms with van der Waals surface area (Å²) in [5, 5.41) is 0. The van der Waals surface area contributed by atoms with E-state index in [9.17, 15) is 0 Å². The predicted octanol–water partition coefficient (Wildman–Crippen LogP) is 4.40. The predicted molar refractivity (Wildman–Crippen MR) is 89.6 cm³/mol. The Kier molecular flexibility index (Phi) is 3.62. The van der Waals surface area contributed by atoms with E-state index in [0.29, 0.717) is 0 Å². The molecule has 2 N–H and O–H groups in total. The van der Waals surface area contributed by atoms with Crippen LogP contribution in [0.4, 0.5) is 0 Å². The Bertz CT molecular complexity index is 668. The number of hydrogen-bond acceptors (Lipinski definition) is 1. The molecule has 0 fully saturated rings. The van der Waals surface area contributed by atoms with Crippen molar-refractivity contribution in [3.05, 3.63) is 69.8 Å². The van der Waals surface area contributed by atoms with Crippen molar-refractivity contribution >= 4 is 0 Å². The zero-order valence-corrected chi connectivity index (χ0v) is 13.4. The minimum atomic E-state index is -0.428. The lowest BCUT2D eigenvalue weighted by atomic mass is 9.79.